The second-order valence-corrected chi connectivity index (χ2v) is 4.83. The number of fused-ring (bicyclic) bond motifs is 1. The van der Waals surface area contributed by atoms with Crippen molar-refractivity contribution in [3.63, 3.8) is 0 Å². The molecule has 0 aromatic carbocycles. The van der Waals surface area contributed by atoms with Gasteiger partial charge in [-0.25, -0.2) is 4.79 Å². The maximum atomic E-state index is 12.0. The third-order valence-electron chi connectivity index (χ3n) is 3.37. The number of carbonyl (C=O) groups excluding carboxylic acids is 1. The Kier molecular flexibility index (Phi) is 2.48. The maximum absolute atomic E-state index is 12.0. The Hall–Kier alpha value is -1.62. The molecule has 5 heteroatoms. The fraction of sp³-hybridized carbons (Fsp3) is 0.500. The molecule has 1 fully saturated rings. The monoisotopic (exact) mass is 232 g/mol. The predicted octanol–water partition coefficient (Wildman–Crippen LogP) is 0.421. The van der Waals surface area contributed by atoms with Crippen molar-refractivity contribution in [2.24, 2.45) is 0 Å². The van der Waals surface area contributed by atoms with E-state index in [4.69, 9.17) is 0 Å². The molecule has 17 heavy (non-hydrogen) atoms. The number of nitrogens with zero attached hydrogens (tertiary/aromatic N) is 3. The molecule has 2 aliphatic heterocycles. The van der Waals surface area contributed by atoms with Gasteiger partial charge in [0.2, 0.25) is 0 Å². The molecule has 0 radical (unpaired) electrons. The van der Waals surface area contributed by atoms with Crippen molar-refractivity contribution in [3.8, 4) is 0 Å². The van der Waals surface area contributed by atoms with Gasteiger partial charge in [0.05, 0.1) is 18.3 Å². The van der Waals surface area contributed by atoms with Crippen LogP contribution in [0.15, 0.2) is 18.3 Å². The number of nitrogens with one attached hydrogen (secondary N) is 1. The highest BCUT2D eigenvalue weighted by molar-refractivity contribution is 5.75. The largest absolute Gasteiger partial charge is 0.333 e. The average molecular weight is 232 g/mol. The number of hydrogen-bond donors (Lipinski definition) is 1. The SMILES string of the molecule is CN1CC(NC(=O)N2Cc3cccnc3C2)C1. The minimum absolute atomic E-state index is 0.0288. The number of urea groups is 1. The van der Waals surface area contributed by atoms with E-state index in [0.29, 0.717) is 19.1 Å². The molecule has 0 saturated carbocycles. The van der Waals surface area contributed by atoms with E-state index in [1.807, 2.05) is 17.0 Å². The van der Waals surface area contributed by atoms with Gasteiger partial charge in [-0.2, -0.15) is 0 Å². The first-order valence-electron chi connectivity index (χ1n) is 5.89. The maximum Gasteiger partial charge on any atom is 0.318 e. The summed E-state index contributed by atoms with van der Waals surface area (Å²) in [5.74, 6) is 0. The smallest absolute Gasteiger partial charge is 0.318 e. The van der Waals surface area contributed by atoms with Gasteiger partial charge in [0.1, 0.15) is 0 Å². The molecule has 1 N–H and O–H groups in total. The van der Waals surface area contributed by atoms with E-state index in [1.54, 1.807) is 6.20 Å². The third-order valence-corrected chi connectivity index (χ3v) is 3.37. The number of aromatic nitrogens is 1. The van der Waals surface area contributed by atoms with Crippen LogP contribution in [-0.2, 0) is 13.1 Å². The lowest BCUT2D eigenvalue weighted by Crippen LogP contribution is -2.59. The standard InChI is InChI=1S/C12H16N4O/c1-15-6-10(7-15)14-12(17)16-5-9-3-2-4-13-11(9)8-16/h2-4,10H,5-8H2,1H3,(H,14,17). The number of amides is 2. The Balaban J connectivity index is 1.59. The van der Waals surface area contributed by atoms with E-state index in [9.17, 15) is 4.79 Å². The fourth-order valence-electron chi connectivity index (χ4n) is 2.40. The van der Waals surface area contributed by atoms with E-state index in [2.05, 4.69) is 22.2 Å². The summed E-state index contributed by atoms with van der Waals surface area (Å²) in [6.07, 6.45) is 1.78. The van der Waals surface area contributed by atoms with Crippen LogP contribution in [0.1, 0.15) is 11.3 Å². The topological polar surface area (TPSA) is 48.5 Å². The molecule has 0 unspecified atom stereocenters. The van der Waals surface area contributed by atoms with Crippen molar-refractivity contribution in [1.82, 2.24) is 20.1 Å². The number of likely N-dealkylation sites (N-methyl/N-ethyl adjacent to an activating group) is 1. The van der Waals surface area contributed by atoms with Gasteiger partial charge in [-0.05, 0) is 18.7 Å². The van der Waals surface area contributed by atoms with Crippen LogP contribution in [0.4, 0.5) is 4.79 Å². The zero-order chi connectivity index (χ0) is 11.8. The molecule has 2 amide bonds. The fourth-order valence-corrected chi connectivity index (χ4v) is 2.40. The quantitative estimate of drug-likeness (QED) is 0.763. The second kappa shape index (κ2) is 4.00. The van der Waals surface area contributed by atoms with Crippen molar-refractivity contribution in [3.05, 3.63) is 29.6 Å². The third kappa shape index (κ3) is 1.98. The van der Waals surface area contributed by atoms with E-state index in [-0.39, 0.29) is 6.03 Å². The van der Waals surface area contributed by atoms with E-state index >= 15 is 0 Å². The first kappa shape index (κ1) is 10.5. The predicted molar refractivity (Wildman–Crippen MR) is 63.3 cm³/mol. The summed E-state index contributed by atoms with van der Waals surface area (Å²) in [6.45, 7) is 3.21. The lowest BCUT2D eigenvalue weighted by atomic mass is 10.1. The van der Waals surface area contributed by atoms with Gasteiger partial charge in [0.25, 0.3) is 0 Å². The summed E-state index contributed by atoms with van der Waals surface area (Å²) in [5.41, 5.74) is 2.18. The Bertz CT molecular complexity index is 417. The van der Waals surface area contributed by atoms with Gasteiger partial charge in [-0.15, -0.1) is 0 Å². The van der Waals surface area contributed by atoms with Gasteiger partial charge in [-0.1, -0.05) is 6.07 Å². The van der Waals surface area contributed by atoms with Gasteiger partial charge in [0, 0.05) is 25.8 Å². The summed E-state index contributed by atoms with van der Waals surface area (Å²) >= 11 is 0. The van der Waals surface area contributed by atoms with Gasteiger partial charge >= 0.3 is 6.03 Å². The molecular formula is C12H16N4O. The van der Waals surface area contributed by atoms with Crippen molar-refractivity contribution < 1.29 is 4.79 Å². The minimum atomic E-state index is 0.0288. The molecule has 1 aromatic rings. The average Bonchev–Trinajstić information content (AvgIpc) is 2.70. The zero-order valence-electron chi connectivity index (χ0n) is 9.89. The molecule has 0 spiro atoms. The van der Waals surface area contributed by atoms with E-state index < -0.39 is 0 Å². The Labute approximate surface area is 100 Å². The van der Waals surface area contributed by atoms with Crippen LogP contribution in [0.5, 0.6) is 0 Å². The van der Waals surface area contributed by atoms with Gasteiger partial charge in [0.15, 0.2) is 0 Å². The second-order valence-electron chi connectivity index (χ2n) is 4.83. The van der Waals surface area contributed by atoms with Crippen LogP contribution in [-0.4, -0.2) is 47.0 Å². The van der Waals surface area contributed by atoms with E-state index in [0.717, 1.165) is 24.3 Å². The zero-order valence-corrected chi connectivity index (χ0v) is 9.89. The van der Waals surface area contributed by atoms with Crippen LogP contribution in [0.3, 0.4) is 0 Å². The molecule has 3 rings (SSSR count). The highest BCUT2D eigenvalue weighted by atomic mass is 16.2. The number of likely N-dealkylation sites (tertiary alicyclic amines) is 1. The van der Waals surface area contributed by atoms with Gasteiger partial charge < -0.3 is 15.1 Å². The highest BCUT2D eigenvalue weighted by Gasteiger charge is 2.29. The number of pyridine rings is 1. The number of carbonyl (C=O) groups is 1. The molecular weight excluding hydrogens is 216 g/mol. The summed E-state index contributed by atoms with van der Waals surface area (Å²) in [5, 5.41) is 3.04. The highest BCUT2D eigenvalue weighted by Crippen LogP contribution is 2.20. The van der Waals surface area contributed by atoms with Crippen molar-refractivity contribution >= 4 is 6.03 Å². The Morgan fingerprint density at radius 1 is 1.47 bits per heavy atom. The van der Waals surface area contributed by atoms with Crippen LogP contribution in [0.2, 0.25) is 0 Å². The summed E-state index contributed by atoms with van der Waals surface area (Å²) in [4.78, 5) is 20.3. The molecule has 3 heterocycles. The minimum Gasteiger partial charge on any atom is -0.333 e. The summed E-state index contributed by atoms with van der Waals surface area (Å²) in [7, 11) is 2.05. The van der Waals surface area contributed by atoms with Gasteiger partial charge in [-0.3, -0.25) is 4.98 Å². The van der Waals surface area contributed by atoms with Crippen molar-refractivity contribution in [2.75, 3.05) is 20.1 Å². The number of rotatable bonds is 1. The van der Waals surface area contributed by atoms with Crippen LogP contribution >= 0.6 is 0 Å². The lowest BCUT2D eigenvalue weighted by molar-refractivity contribution is 0.145. The molecule has 90 valence electrons. The van der Waals surface area contributed by atoms with Crippen LogP contribution in [0, 0.1) is 0 Å². The summed E-state index contributed by atoms with van der Waals surface area (Å²) in [6, 6.07) is 4.29. The van der Waals surface area contributed by atoms with Crippen molar-refractivity contribution in [1.29, 1.82) is 0 Å². The molecule has 0 atom stereocenters. The molecule has 2 aliphatic rings. The Morgan fingerprint density at radius 3 is 3.00 bits per heavy atom. The van der Waals surface area contributed by atoms with E-state index in [1.165, 1.54) is 0 Å². The molecule has 0 aliphatic carbocycles. The normalized spacial score (nSPS) is 19.9. The molecule has 5 nitrogen and oxygen atoms in total. The molecule has 1 aromatic heterocycles. The van der Waals surface area contributed by atoms with Crippen LogP contribution in [0.25, 0.3) is 0 Å². The summed E-state index contributed by atoms with van der Waals surface area (Å²) < 4.78 is 0. The Morgan fingerprint density at radius 2 is 2.29 bits per heavy atom. The number of hydrogen-bond acceptors (Lipinski definition) is 3. The first-order valence-corrected chi connectivity index (χ1v) is 5.89. The first-order chi connectivity index (χ1) is 8.22. The molecule has 1 saturated heterocycles. The van der Waals surface area contributed by atoms with Crippen molar-refractivity contribution in [2.45, 2.75) is 19.1 Å². The molecule has 0 bridgehead atoms. The van der Waals surface area contributed by atoms with Crippen LogP contribution < -0.4 is 5.32 Å². The lowest BCUT2D eigenvalue weighted by Gasteiger charge is -2.37.